The van der Waals surface area contributed by atoms with Crippen molar-refractivity contribution in [3.63, 3.8) is 0 Å². The highest BCUT2D eigenvalue weighted by Crippen LogP contribution is 2.29. The van der Waals surface area contributed by atoms with Crippen molar-refractivity contribution in [3.05, 3.63) is 36.2 Å². The van der Waals surface area contributed by atoms with Gasteiger partial charge in [0.2, 0.25) is 0 Å². The molecule has 1 fully saturated rings. The second-order valence-corrected chi connectivity index (χ2v) is 8.00. The van der Waals surface area contributed by atoms with Crippen LogP contribution < -0.4 is 10.5 Å². The number of amides is 2. The zero-order valence-corrected chi connectivity index (χ0v) is 16.8. The number of aliphatic hydroxyl groups is 1. The lowest BCUT2D eigenvalue weighted by Crippen LogP contribution is -2.48. The highest BCUT2D eigenvalue weighted by Gasteiger charge is 2.33. The lowest BCUT2D eigenvalue weighted by atomic mass is 10.0. The Morgan fingerprint density at radius 2 is 2.10 bits per heavy atom. The number of ether oxygens (including phenoxy) is 1. The van der Waals surface area contributed by atoms with E-state index >= 15 is 0 Å². The number of hydrogen-bond donors (Lipinski definition) is 3. The van der Waals surface area contributed by atoms with Crippen molar-refractivity contribution < 1.29 is 28.9 Å². The van der Waals surface area contributed by atoms with Crippen LogP contribution >= 0.6 is 0 Å². The van der Waals surface area contributed by atoms with Crippen LogP contribution in [-0.2, 0) is 6.54 Å². The third kappa shape index (κ3) is 5.07. The lowest BCUT2D eigenvalue weighted by Gasteiger charge is -2.33. The number of halogens is 1. The lowest BCUT2D eigenvalue weighted by molar-refractivity contribution is 0.0245. The molecule has 9 nitrogen and oxygen atoms in total. The van der Waals surface area contributed by atoms with E-state index in [0.717, 1.165) is 4.90 Å². The minimum absolute atomic E-state index is 0.0932. The number of carbonyl (C=O) groups is 2. The fourth-order valence-corrected chi connectivity index (χ4v) is 3.35. The number of benzene rings is 1. The van der Waals surface area contributed by atoms with Crippen molar-refractivity contribution in [1.82, 2.24) is 14.7 Å². The van der Waals surface area contributed by atoms with Crippen LogP contribution in [-0.4, -0.2) is 67.9 Å². The van der Waals surface area contributed by atoms with Crippen LogP contribution in [0.5, 0.6) is 5.75 Å². The Bertz CT molecular complexity index is 940. The number of rotatable bonds is 6. The van der Waals surface area contributed by atoms with Crippen molar-refractivity contribution in [1.29, 1.82) is 0 Å². The monoisotopic (exact) mass is 420 g/mol. The summed E-state index contributed by atoms with van der Waals surface area (Å²) < 4.78 is 21.7. The van der Waals surface area contributed by atoms with Crippen LogP contribution in [0.25, 0.3) is 11.1 Å². The third-order valence-electron chi connectivity index (χ3n) is 4.79. The van der Waals surface area contributed by atoms with Crippen LogP contribution in [0.1, 0.15) is 30.6 Å². The molecule has 30 heavy (non-hydrogen) atoms. The smallest absolute Gasteiger partial charge is 0.407 e. The van der Waals surface area contributed by atoms with Gasteiger partial charge in [-0.3, -0.25) is 9.48 Å². The summed E-state index contributed by atoms with van der Waals surface area (Å²) in [6.07, 6.45) is -0.0709. The molecule has 0 aliphatic carbocycles. The summed E-state index contributed by atoms with van der Waals surface area (Å²) in [5, 5.41) is 23.1. The predicted molar refractivity (Wildman–Crippen MR) is 106 cm³/mol. The van der Waals surface area contributed by atoms with Crippen molar-refractivity contribution in [2.45, 2.75) is 44.7 Å². The van der Waals surface area contributed by atoms with Gasteiger partial charge >= 0.3 is 6.09 Å². The number of hydrogen-bond acceptors (Lipinski definition) is 5. The number of aromatic nitrogens is 2. The Labute approximate surface area is 172 Å². The molecule has 0 unspecified atom stereocenters. The Kier molecular flexibility index (Phi) is 5.97. The number of primary amides is 1. The van der Waals surface area contributed by atoms with Gasteiger partial charge in [-0.05, 0) is 31.5 Å². The van der Waals surface area contributed by atoms with Crippen molar-refractivity contribution in [2.24, 2.45) is 5.73 Å². The Morgan fingerprint density at radius 1 is 1.37 bits per heavy atom. The second-order valence-electron chi connectivity index (χ2n) is 8.00. The minimum atomic E-state index is -1.52. The van der Waals surface area contributed by atoms with Crippen LogP contribution in [0, 0.1) is 0 Å². The van der Waals surface area contributed by atoms with Gasteiger partial charge < -0.3 is 25.6 Å². The molecule has 1 aromatic carbocycles. The molecule has 0 spiro atoms. The standard InChI is InChI=1S/C20H25FN4O5/c1-20(2,29)11-25-9-13(8-23-25)12-3-4-16(14(7-12)18(22)26)30-17-5-6-24(19(27)28)10-15(17)21/h3-4,7-9,15,17,29H,5-6,10-11H2,1-2H3,(H2,22,26)(H,27,28)/t15-,17-/m0/s1. The quantitative estimate of drug-likeness (QED) is 0.654. The number of nitrogens with two attached hydrogens (primary N) is 1. The third-order valence-corrected chi connectivity index (χ3v) is 4.79. The maximum atomic E-state index is 14.4. The van der Waals surface area contributed by atoms with E-state index in [1.165, 1.54) is 0 Å². The van der Waals surface area contributed by atoms with Crippen LogP contribution in [0.2, 0.25) is 0 Å². The highest BCUT2D eigenvalue weighted by atomic mass is 19.1. The predicted octanol–water partition coefficient (Wildman–Crippen LogP) is 1.89. The molecule has 0 radical (unpaired) electrons. The van der Waals surface area contributed by atoms with Gasteiger partial charge in [0.05, 0.1) is 30.5 Å². The Balaban J connectivity index is 1.79. The SMILES string of the molecule is CC(C)(O)Cn1cc(-c2ccc(O[C@H]3CCN(C(=O)O)C[C@@H]3F)c(C(N)=O)c2)cn1. The van der Waals surface area contributed by atoms with Gasteiger partial charge in [-0.2, -0.15) is 5.10 Å². The number of piperidine rings is 1. The number of carbonyl (C=O) groups excluding carboxylic acids is 1. The number of likely N-dealkylation sites (tertiary alicyclic amines) is 1. The van der Waals surface area contributed by atoms with Crippen molar-refractivity contribution in [2.75, 3.05) is 13.1 Å². The fourth-order valence-electron chi connectivity index (χ4n) is 3.35. The van der Waals surface area contributed by atoms with Gasteiger partial charge in [0.15, 0.2) is 6.17 Å². The first-order valence-electron chi connectivity index (χ1n) is 9.51. The highest BCUT2D eigenvalue weighted by molar-refractivity contribution is 5.97. The first-order valence-corrected chi connectivity index (χ1v) is 9.51. The second kappa shape index (κ2) is 8.31. The molecule has 2 amide bonds. The molecule has 1 aromatic heterocycles. The summed E-state index contributed by atoms with van der Waals surface area (Å²) in [5.74, 6) is -0.583. The molecular formula is C20H25FN4O5. The number of nitrogens with zero attached hydrogens (tertiary/aromatic N) is 3. The van der Waals surface area contributed by atoms with E-state index in [1.54, 1.807) is 49.1 Å². The topological polar surface area (TPSA) is 131 Å². The first kappa shape index (κ1) is 21.6. The molecule has 10 heteroatoms. The van der Waals surface area contributed by atoms with E-state index in [2.05, 4.69) is 5.10 Å². The summed E-state index contributed by atoms with van der Waals surface area (Å²) in [6.45, 7) is 3.49. The van der Waals surface area contributed by atoms with Crippen molar-refractivity contribution >= 4 is 12.0 Å². The van der Waals surface area contributed by atoms with E-state index in [0.29, 0.717) is 17.7 Å². The molecule has 2 atom stereocenters. The summed E-state index contributed by atoms with van der Waals surface area (Å²) in [4.78, 5) is 24.0. The number of alkyl halides is 1. The zero-order chi connectivity index (χ0) is 22.1. The van der Waals surface area contributed by atoms with E-state index < -0.39 is 29.9 Å². The molecule has 1 aliphatic rings. The molecule has 3 rings (SSSR count). The average Bonchev–Trinajstić information content (AvgIpc) is 3.09. The summed E-state index contributed by atoms with van der Waals surface area (Å²) in [5.41, 5.74) is 6.04. The first-order chi connectivity index (χ1) is 14.0. The molecule has 4 N–H and O–H groups in total. The molecule has 2 aromatic rings. The van der Waals surface area contributed by atoms with Gasteiger partial charge in [0.1, 0.15) is 11.9 Å². The molecule has 0 bridgehead atoms. The zero-order valence-electron chi connectivity index (χ0n) is 16.8. The molecular weight excluding hydrogens is 395 g/mol. The van der Waals surface area contributed by atoms with E-state index in [1.807, 2.05) is 0 Å². The largest absolute Gasteiger partial charge is 0.486 e. The van der Waals surface area contributed by atoms with Gasteiger partial charge in [0.25, 0.3) is 5.91 Å². The van der Waals surface area contributed by atoms with Gasteiger partial charge in [-0.25, -0.2) is 9.18 Å². The Morgan fingerprint density at radius 3 is 2.70 bits per heavy atom. The molecule has 2 heterocycles. The summed E-state index contributed by atoms with van der Waals surface area (Å²) in [7, 11) is 0. The normalized spacial score (nSPS) is 19.5. The van der Waals surface area contributed by atoms with Crippen LogP contribution in [0.3, 0.4) is 0 Å². The summed E-state index contributed by atoms with van der Waals surface area (Å²) in [6, 6.07) is 4.79. The van der Waals surface area contributed by atoms with Gasteiger partial charge in [0, 0.05) is 24.7 Å². The maximum Gasteiger partial charge on any atom is 0.407 e. The van der Waals surface area contributed by atoms with E-state index in [4.69, 9.17) is 15.6 Å². The summed E-state index contributed by atoms with van der Waals surface area (Å²) >= 11 is 0. The molecule has 1 saturated heterocycles. The van der Waals surface area contributed by atoms with Crippen LogP contribution in [0.4, 0.5) is 9.18 Å². The number of carboxylic acid groups (broad SMARTS) is 1. The van der Waals surface area contributed by atoms with E-state index in [9.17, 15) is 19.1 Å². The molecule has 1 aliphatic heterocycles. The van der Waals surface area contributed by atoms with Gasteiger partial charge in [-0.15, -0.1) is 0 Å². The molecule has 162 valence electrons. The maximum absolute atomic E-state index is 14.4. The fraction of sp³-hybridized carbons (Fsp3) is 0.450. The molecule has 0 saturated carbocycles. The van der Waals surface area contributed by atoms with Gasteiger partial charge in [-0.1, -0.05) is 6.07 Å². The van der Waals surface area contributed by atoms with E-state index in [-0.39, 0.29) is 30.8 Å². The Hall–Kier alpha value is -3.14. The van der Waals surface area contributed by atoms with Crippen LogP contribution in [0.15, 0.2) is 30.6 Å². The van der Waals surface area contributed by atoms with Crippen molar-refractivity contribution in [3.8, 4) is 16.9 Å². The minimum Gasteiger partial charge on any atom is -0.486 e. The average molecular weight is 420 g/mol.